The molecule has 1 fully saturated rings. The highest BCUT2D eigenvalue weighted by atomic mass is 16.6. The number of amides is 1. The highest BCUT2D eigenvalue weighted by Crippen LogP contribution is 2.36. The Morgan fingerprint density at radius 3 is 2.63 bits per heavy atom. The molecule has 8 nitrogen and oxygen atoms in total. The molecule has 1 amide bonds. The summed E-state index contributed by atoms with van der Waals surface area (Å²) in [7, 11) is 0. The molecule has 1 aliphatic carbocycles. The second-order valence-corrected chi connectivity index (χ2v) is 7.82. The van der Waals surface area contributed by atoms with Gasteiger partial charge in [0, 0.05) is 28.9 Å². The van der Waals surface area contributed by atoms with Crippen LogP contribution in [0.4, 0.5) is 5.69 Å². The average Bonchev–Trinajstić information content (AvgIpc) is 2.94. The van der Waals surface area contributed by atoms with E-state index >= 15 is 0 Å². The van der Waals surface area contributed by atoms with Gasteiger partial charge in [-0.2, -0.15) is 0 Å². The lowest BCUT2D eigenvalue weighted by Gasteiger charge is -2.18. The summed E-state index contributed by atoms with van der Waals surface area (Å²) in [5.74, 6) is -2.77. The lowest BCUT2D eigenvalue weighted by Crippen LogP contribution is -2.32. The smallest absolute Gasteiger partial charge is 0.307 e. The van der Waals surface area contributed by atoms with Gasteiger partial charge in [-0.3, -0.25) is 24.5 Å². The molecule has 1 N–H and O–H groups in total. The van der Waals surface area contributed by atoms with Gasteiger partial charge in [-0.1, -0.05) is 37.3 Å². The van der Waals surface area contributed by atoms with Crippen molar-refractivity contribution in [2.75, 3.05) is 11.9 Å². The van der Waals surface area contributed by atoms with Gasteiger partial charge in [0.15, 0.2) is 6.10 Å². The van der Waals surface area contributed by atoms with Crippen molar-refractivity contribution < 1.29 is 24.0 Å². The number of anilines is 1. The molecule has 158 valence electrons. The van der Waals surface area contributed by atoms with Crippen molar-refractivity contribution in [3.63, 3.8) is 0 Å². The number of ether oxygens (including phenoxy) is 1. The normalized spacial score (nSPS) is 21.9. The predicted molar refractivity (Wildman–Crippen MR) is 110 cm³/mol. The SMILES string of the molecule is C[C@H](OC(=O)C[C@@H]1C(=O)C[C@H](C)[C@H]1C[N+](=O)[O-])C(=O)Nc1ccc2ccccc2c1. The molecule has 0 aromatic heterocycles. The Labute approximate surface area is 173 Å². The molecule has 1 saturated carbocycles. The number of carbonyl (C=O) groups is 3. The third-order valence-corrected chi connectivity index (χ3v) is 5.63. The van der Waals surface area contributed by atoms with Crippen molar-refractivity contribution in [2.24, 2.45) is 17.8 Å². The van der Waals surface area contributed by atoms with Gasteiger partial charge in [-0.15, -0.1) is 0 Å². The number of ketones is 1. The van der Waals surface area contributed by atoms with Crippen molar-refractivity contribution in [2.45, 2.75) is 32.8 Å². The standard InChI is InChI=1S/C22H24N2O6/c1-13-9-20(25)18(19(13)12-24(28)29)11-21(26)30-14(2)22(27)23-17-8-7-15-5-3-4-6-16(15)10-17/h3-8,10,13-14,18-19H,9,11-12H2,1-2H3,(H,23,27)/t13-,14-,18-,19+/m0/s1. The Bertz CT molecular complexity index is 989. The Morgan fingerprint density at radius 2 is 1.93 bits per heavy atom. The lowest BCUT2D eigenvalue weighted by molar-refractivity contribution is -0.490. The van der Waals surface area contributed by atoms with Gasteiger partial charge in [-0.05, 0) is 35.7 Å². The van der Waals surface area contributed by atoms with Crippen LogP contribution in [0, 0.1) is 27.9 Å². The summed E-state index contributed by atoms with van der Waals surface area (Å²) in [5.41, 5.74) is 0.576. The van der Waals surface area contributed by atoms with Gasteiger partial charge in [0.05, 0.1) is 6.42 Å². The van der Waals surface area contributed by atoms with Crippen molar-refractivity contribution in [3.8, 4) is 0 Å². The molecule has 0 radical (unpaired) electrons. The van der Waals surface area contributed by atoms with E-state index in [-0.39, 0.29) is 31.1 Å². The fraction of sp³-hybridized carbons (Fsp3) is 0.409. The minimum atomic E-state index is -1.06. The van der Waals surface area contributed by atoms with E-state index in [4.69, 9.17) is 4.74 Å². The number of rotatable bonds is 7. The number of carbonyl (C=O) groups excluding carboxylic acids is 3. The van der Waals surface area contributed by atoms with Crippen molar-refractivity contribution in [1.29, 1.82) is 0 Å². The van der Waals surface area contributed by atoms with Crippen molar-refractivity contribution >= 4 is 34.1 Å². The maximum absolute atomic E-state index is 12.4. The molecule has 4 atom stereocenters. The number of nitrogens with zero attached hydrogens (tertiary/aromatic N) is 1. The zero-order valence-corrected chi connectivity index (χ0v) is 16.9. The first-order chi connectivity index (χ1) is 14.2. The third kappa shape index (κ3) is 5.00. The number of nitro groups is 1. The number of Topliss-reactive ketones (excluding diaryl/α,β-unsaturated/α-hetero) is 1. The molecule has 8 heteroatoms. The van der Waals surface area contributed by atoms with E-state index in [0.717, 1.165) is 10.8 Å². The van der Waals surface area contributed by atoms with Crippen LogP contribution >= 0.6 is 0 Å². The topological polar surface area (TPSA) is 116 Å². The van der Waals surface area contributed by atoms with Crippen molar-refractivity contribution in [1.82, 2.24) is 0 Å². The van der Waals surface area contributed by atoms with E-state index in [1.165, 1.54) is 6.92 Å². The maximum Gasteiger partial charge on any atom is 0.307 e. The van der Waals surface area contributed by atoms with Gasteiger partial charge >= 0.3 is 5.97 Å². The number of hydrogen-bond acceptors (Lipinski definition) is 6. The van der Waals surface area contributed by atoms with Crippen LogP contribution in [0.25, 0.3) is 10.8 Å². The summed E-state index contributed by atoms with van der Waals surface area (Å²) < 4.78 is 5.20. The summed E-state index contributed by atoms with van der Waals surface area (Å²) in [6.45, 7) is 2.86. The van der Waals surface area contributed by atoms with Crippen LogP contribution in [0.5, 0.6) is 0 Å². The van der Waals surface area contributed by atoms with Crippen LogP contribution in [-0.2, 0) is 19.1 Å². The summed E-state index contributed by atoms with van der Waals surface area (Å²) in [5, 5.41) is 15.6. The highest BCUT2D eigenvalue weighted by molar-refractivity contribution is 5.97. The Balaban J connectivity index is 1.58. The molecule has 0 unspecified atom stereocenters. The summed E-state index contributed by atoms with van der Waals surface area (Å²) in [6, 6.07) is 13.2. The van der Waals surface area contributed by atoms with Crippen LogP contribution < -0.4 is 5.32 Å². The van der Waals surface area contributed by atoms with E-state index in [0.29, 0.717) is 5.69 Å². The van der Waals surface area contributed by atoms with E-state index in [2.05, 4.69) is 5.32 Å². The number of benzene rings is 2. The number of hydrogen-bond donors (Lipinski definition) is 1. The summed E-state index contributed by atoms with van der Waals surface area (Å²) in [4.78, 5) is 47.3. The fourth-order valence-electron chi connectivity index (χ4n) is 3.99. The zero-order valence-electron chi connectivity index (χ0n) is 16.9. The quantitative estimate of drug-likeness (QED) is 0.424. The van der Waals surface area contributed by atoms with Gasteiger partial charge < -0.3 is 10.1 Å². The number of nitrogens with one attached hydrogen (secondary N) is 1. The molecule has 2 aromatic carbocycles. The van der Waals surface area contributed by atoms with E-state index < -0.39 is 34.7 Å². The minimum absolute atomic E-state index is 0.158. The number of esters is 1. The van der Waals surface area contributed by atoms with Crippen molar-refractivity contribution in [3.05, 3.63) is 52.6 Å². The Kier molecular flexibility index (Phi) is 6.44. The van der Waals surface area contributed by atoms with Crippen LogP contribution in [0.3, 0.4) is 0 Å². The second-order valence-electron chi connectivity index (χ2n) is 7.82. The largest absolute Gasteiger partial charge is 0.453 e. The molecule has 0 heterocycles. The average molecular weight is 412 g/mol. The molecule has 0 spiro atoms. The van der Waals surface area contributed by atoms with Crippen LogP contribution in [-0.4, -0.2) is 35.2 Å². The van der Waals surface area contributed by atoms with E-state index in [1.807, 2.05) is 36.4 Å². The molecular weight excluding hydrogens is 388 g/mol. The first-order valence-electron chi connectivity index (χ1n) is 9.88. The lowest BCUT2D eigenvalue weighted by atomic mass is 9.88. The van der Waals surface area contributed by atoms with Gasteiger partial charge in [0.2, 0.25) is 6.54 Å². The van der Waals surface area contributed by atoms with Gasteiger partial charge in [0.1, 0.15) is 5.78 Å². The zero-order chi connectivity index (χ0) is 21.8. The second kappa shape index (κ2) is 9.02. The first kappa shape index (κ1) is 21.4. The maximum atomic E-state index is 12.4. The highest BCUT2D eigenvalue weighted by Gasteiger charge is 2.44. The molecular formula is C22H24N2O6. The van der Waals surface area contributed by atoms with Crippen LogP contribution in [0.2, 0.25) is 0 Å². The minimum Gasteiger partial charge on any atom is -0.453 e. The molecule has 3 rings (SSSR count). The van der Waals surface area contributed by atoms with E-state index in [1.54, 1.807) is 13.0 Å². The first-order valence-corrected chi connectivity index (χ1v) is 9.88. The van der Waals surface area contributed by atoms with Crippen LogP contribution in [0.15, 0.2) is 42.5 Å². The molecule has 0 bridgehead atoms. The Hall–Kier alpha value is -3.29. The molecule has 0 saturated heterocycles. The number of fused-ring (bicyclic) bond motifs is 1. The van der Waals surface area contributed by atoms with Gasteiger partial charge in [0.25, 0.3) is 5.91 Å². The molecule has 30 heavy (non-hydrogen) atoms. The Morgan fingerprint density at radius 1 is 1.23 bits per heavy atom. The van der Waals surface area contributed by atoms with Gasteiger partial charge in [-0.25, -0.2) is 0 Å². The summed E-state index contributed by atoms with van der Waals surface area (Å²) in [6.07, 6.45) is -1.10. The molecule has 0 aliphatic heterocycles. The molecule has 1 aliphatic rings. The summed E-state index contributed by atoms with van der Waals surface area (Å²) >= 11 is 0. The molecule has 2 aromatic rings. The predicted octanol–water partition coefficient (Wildman–Crippen LogP) is 3.22. The monoisotopic (exact) mass is 412 g/mol. The van der Waals surface area contributed by atoms with E-state index in [9.17, 15) is 24.5 Å². The third-order valence-electron chi connectivity index (χ3n) is 5.63. The van der Waals surface area contributed by atoms with Crippen LogP contribution in [0.1, 0.15) is 26.7 Å². The fourth-order valence-corrected chi connectivity index (χ4v) is 3.99.